The lowest BCUT2D eigenvalue weighted by atomic mass is 9.90. The molecule has 15 nitrogen and oxygen atoms in total. The summed E-state index contributed by atoms with van der Waals surface area (Å²) in [4.78, 5) is 63.7. The molecule has 0 spiro atoms. The van der Waals surface area contributed by atoms with Crippen LogP contribution in [-0.4, -0.2) is 97.3 Å². The summed E-state index contributed by atoms with van der Waals surface area (Å²) in [7, 11) is 1.65. The van der Waals surface area contributed by atoms with E-state index in [4.69, 9.17) is 9.97 Å². The molecular formula is C50H61N11O4. The van der Waals surface area contributed by atoms with Gasteiger partial charge in [0.05, 0.1) is 35.6 Å². The van der Waals surface area contributed by atoms with Gasteiger partial charge in [-0.25, -0.2) is 9.97 Å². The molecule has 2 fully saturated rings. The van der Waals surface area contributed by atoms with Gasteiger partial charge < -0.3 is 34.7 Å². The molecule has 1 aromatic carbocycles. The van der Waals surface area contributed by atoms with E-state index in [9.17, 15) is 19.5 Å². The molecule has 4 aromatic heterocycles. The number of piperazine rings is 1. The van der Waals surface area contributed by atoms with Gasteiger partial charge in [-0.05, 0) is 98.0 Å². The Morgan fingerprint density at radius 2 is 1.80 bits per heavy atom. The highest BCUT2D eigenvalue weighted by Crippen LogP contribution is 2.40. The number of pyridine rings is 2. The van der Waals surface area contributed by atoms with Crippen LogP contribution >= 0.6 is 0 Å². The van der Waals surface area contributed by atoms with E-state index >= 15 is 0 Å². The van der Waals surface area contributed by atoms with Crippen LogP contribution in [0.4, 0.5) is 34.4 Å². The molecule has 2 amide bonds. The first-order valence-electron chi connectivity index (χ1n) is 23.0. The molecule has 3 aliphatic heterocycles. The Kier molecular flexibility index (Phi) is 11.9. The molecule has 0 bridgehead atoms. The quantitative estimate of drug-likeness (QED) is 0.125. The van der Waals surface area contributed by atoms with Crippen molar-refractivity contribution in [3.8, 4) is 11.3 Å². The monoisotopic (exact) mass is 879 g/mol. The summed E-state index contributed by atoms with van der Waals surface area (Å²) >= 11 is 0. The van der Waals surface area contributed by atoms with Gasteiger partial charge in [-0.2, -0.15) is 0 Å². The SMILES string of the molecule is C=CC(=O)Nc1cc(Nc2nc(-c3ccnc(N4CCn5c(cc6c5CC(C)(C)C6)C4=O)c3CO)cn(C)c2=O)ccc1N1CCN(C2CCN(c3ccc(C(C)C)nc3)CC2)C[C@@H]1C. The van der Waals surface area contributed by atoms with Crippen molar-refractivity contribution in [3.63, 3.8) is 0 Å². The number of aliphatic hydroxyl groups is 1. The van der Waals surface area contributed by atoms with Gasteiger partial charge in [0.25, 0.3) is 11.5 Å². The highest BCUT2D eigenvalue weighted by Gasteiger charge is 2.38. The number of carbonyl (C=O) groups is 2. The van der Waals surface area contributed by atoms with Crippen LogP contribution in [0.3, 0.4) is 0 Å². The second kappa shape index (κ2) is 17.6. The molecule has 0 saturated carbocycles. The number of carbonyl (C=O) groups excluding carboxylic acids is 2. The maximum Gasteiger partial charge on any atom is 0.293 e. The summed E-state index contributed by atoms with van der Waals surface area (Å²) in [6.07, 6.45) is 10.5. The Balaban J connectivity index is 0.919. The van der Waals surface area contributed by atoms with Crippen LogP contribution in [0.15, 0.2) is 78.5 Å². The summed E-state index contributed by atoms with van der Waals surface area (Å²) in [5.74, 6) is 0.339. The fourth-order valence-corrected chi connectivity index (χ4v) is 10.4. The predicted octanol–water partition coefficient (Wildman–Crippen LogP) is 6.49. The van der Waals surface area contributed by atoms with Crippen molar-refractivity contribution in [1.82, 2.24) is 29.0 Å². The molecule has 2 saturated heterocycles. The van der Waals surface area contributed by atoms with Crippen LogP contribution in [0.2, 0.25) is 0 Å². The highest BCUT2D eigenvalue weighted by atomic mass is 16.3. The van der Waals surface area contributed by atoms with Crippen molar-refractivity contribution in [2.75, 3.05) is 64.6 Å². The number of piperidine rings is 1. The van der Waals surface area contributed by atoms with E-state index in [1.807, 2.05) is 30.5 Å². The molecule has 7 heterocycles. The van der Waals surface area contributed by atoms with Crippen molar-refractivity contribution in [3.05, 3.63) is 112 Å². The average molecular weight is 880 g/mol. The second-order valence-corrected chi connectivity index (χ2v) is 19.2. The van der Waals surface area contributed by atoms with E-state index in [-0.39, 0.29) is 34.6 Å². The second-order valence-electron chi connectivity index (χ2n) is 19.2. The van der Waals surface area contributed by atoms with Gasteiger partial charge in [0.1, 0.15) is 11.5 Å². The maximum absolute atomic E-state index is 14.0. The van der Waals surface area contributed by atoms with Gasteiger partial charge in [-0.15, -0.1) is 0 Å². The molecular weight excluding hydrogens is 819 g/mol. The summed E-state index contributed by atoms with van der Waals surface area (Å²) in [5, 5.41) is 17.1. The van der Waals surface area contributed by atoms with Crippen molar-refractivity contribution < 1.29 is 14.7 Å². The Bertz CT molecular complexity index is 2700. The number of rotatable bonds is 11. The molecule has 5 aromatic rings. The fourth-order valence-electron chi connectivity index (χ4n) is 10.4. The Morgan fingerprint density at radius 3 is 2.51 bits per heavy atom. The van der Waals surface area contributed by atoms with E-state index in [0.29, 0.717) is 64.8 Å². The van der Waals surface area contributed by atoms with Crippen LogP contribution < -0.4 is 30.9 Å². The number of fused-ring (bicyclic) bond motifs is 3. The van der Waals surface area contributed by atoms with Crippen LogP contribution in [0, 0.1) is 5.41 Å². The Labute approximate surface area is 380 Å². The standard InChI is InChI=1S/C50H61N11O4/c1-8-45(63)54-40-24-34(9-12-42(40)59-20-19-58(28-32(59)4)35-14-17-57(18-15-35)36-10-11-39(31(2)3)52-27-36)53-46-49(65)56(7)29-41(55-46)37-13-16-51-47(38(37)30-62)61-22-21-60-43(48(61)64)23-33-25-50(5,6)26-44(33)60/h8-13,16,23-24,27,29,31-32,35,62H,1,14-15,17-22,25-26,28,30H2,2-7H3,(H,53,55)(H,54,63)/t32-/m0/s1. The van der Waals surface area contributed by atoms with E-state index in [2.05, 4.69) is 88.2 Å². The molecule has 1 aliphatic carbocycles. The van der Waals surface area contributed by atoms with E-state index in [1.54, 1.807) is 30.4 Å². The number of amides is 2. The first-order valence-corrected chi connectivity index (χ1v) is 23.0. The van der Waals surface area contributed by atoms with Gasteiger partial charge >= 0.3 is 0 Å². The largest absolute Gasteiger partial charge is 0.392 e. The molecule has 1 atom stereocenters. The zero-order chi connectivity index (χ0) is 45.7. The third-order valence-corrected chi connectivity index (χ3v) is 13.8. The zero-order valence-electron chi connectivity index (χ0n) is 38.5. The molecule has 15 heteroatoms. The zero-order valence-corrected chi connectivity index (χ0v) is 38.5. The number of hydrogen-bond donors (Lipinski definition) is 3. The molecule has 9 rings (SSSR count). The maximum atomic E-state index is 14.0. The molecule has 3 N–H and O–H groups in total. The number of aliphatic hydroxyl groups excluding tert-OH is 1. The van der Waals surface area contributed by atoms with Crippen LogP contribution in [0.1, 0.15) is 86.4 Å². The van der Waals surface area contributed by atoms with Gasteiger partial charge in [0.2, 0.25) is 5.91 Å². The van der Waals surface area contributed by atoms with E-state index in [0.717, 1.165) is 69.8 Å². The molecule has 0 radical (unpaired) electrons. The summed E-state index contributed by atoms with van der Waals surface area (Å²) in [6, 6.07) is 14.5. The van der Waals surface area contributed by atoms with Crippen molar-refractivity contribution in [1.29, 1.82) is 0 Å². The first kappa shape index (κ1) is 43.9. The highest BCUT2D eigenvalue weighted by molar-refractivity contribution is 6.06. The number of benzene rings is 1. The smallest absolute Gasteiger partial charge is 0.293 e. The van der Waals surface area contributed by atoms with Crippen molar-refractivity contribution in [2.45, 2.75) is 91.5 Å². The first-order chi connectivity index (χ1) is 31.2. The summed E-state index contributed by atoms with van der Waals surface area (Å²) in [5.41, 5.74) is 8.64. The molecule has 0 unspecified atom stereocenters. The lowest BCUT2D eigenvalue weighted by Crippen LogP contribution is -2.57. The van der Waals surface area contributed by atoms with E-state index < -0.39 is 6.61 Å². The molecule has 65 heavy (non-hydrogen) atoms. The Hall–Kier alpha value is -6.32. The van der Waals surface area contributed by atoms with Gasteiger partial charge in [0.15, 0.2) is 5.82 Å². The van der Waals surface area contributed by atoms with Crippen LogP contribution in [0.5, 0.6) is 0 Å². The molecule has 4 aliphatic rings. The predicted molar refractivity (Wildman–Crippen MR) is 256 cm³/mol. The van der Waals surface area contributed by atoms with Crippen LogP contribution in [-0.2, 0) is 37.8 Å². The van der Waals surface area contributed by atoms with Gasteiger partial charge in [0, 0.05) is 106 Å². The normalized spacial score (nSPS) is 18.8. The lowest BCUT2D eigenvalue weighted by molar-refractivity contribution is -0.111. The minimum Gasteiger partial charge on any atom is -0.392 e. The third-order valence-electron chi connectivity index (χ3n) is 13.8. The molecule has 340 valence electrons. The minimum absolute atomic E-state index is 0.0576. The summed E-state index contributed by atoms with van der Waals surface area (Å²) in [6.45, 7) is 20.0. The van der Waals surface area contributed by atoms with E-state index in [1.165, 1.54) is 27.6 Å². The number of aromatic nitrogens is 5. The number of hydrogen-bond acceptors (Lipinski definition) is 11. The number of nitrogens with one attached hydrogen (secondary N) is 2. The van der Waals surface area contributed by atoms with Gasteiger partial charge in [-0.3, -0.25) is 29.2 Å². The summed E-state index contributed by atoms with van der Waals surface area (Å²) < 4.78 is 3.59. The van der Waals surface area contributed by atoms with Crippen molar-refractivity contribution >= 4 is 46.2 Å². The third kappa shape index (κ3) is 8.54. The minimum atomic E-state index is -0.396. The Morgan fingerprint density at radius 1 is 1.00 bits per heavy atom. The fraction of sp³-hybridized carbons (Fsp3) is 0.440. The topological polar surface area (TPSA) is 157 Å². The lowest BCUT2D eigenvalue weighted by Gasteiger charge is -2.47. The number of anilines is 6. The number of nitrogens with zero attached hydrogens (tertiary/aromatic N) is 9. The number of aryl methyl sites for hydroxylation is 1. The van der Waals surface area contributed by atoms with Gasteiger partial charge in [-0.1, -0.05) is 34.3 Å². The average Bonchev–Trinajstić information content (AvgIpc) is 3.80. The van der Waals surface area contributed by atoms with Crippen molar-refractivity contribution in [2.24, 2.45) is 12.5 Å². The van der Waals surface area contributed by atoms with Crippen LogP contribution in [0.25, 0.3) is 11.3 Å².